The second-order valence-electron chi connectivity index (χ2n) is 6.35. The number of hydrogen-bond donors (Lipinski definition) is 1. The molecule has 1 aliphatic rings. The number of azide groups is 1. The van der Waals surface area contributed by atoms with Gasteiger partial charge in [-0.25, -0.2) is 0 Å². The summed E-state index contributed by atoms with van der Waals surface area (Å²) in [4.78, 5) is 47.7. The maximum absolute atomic E-state index is 11.9. The molecule has 1 heterocycles. The van der Waals surface area contributed by atoms with Crippen molar-refractivity contribution < 1.29 is 31.9 Å². The molecular weight excluding hydrogens is 436 g/mol. The summed E-state index contributed by atoms with van der Waals surface area (Å²) in [6.07, 6.45) is 0.461. The zero-order valence-electron chi connectivity index (χ0n) is 16.1. The molecule has 2 rings (SSSR count). The molecule has 1 aromatic carbocycles. The minimum absolute atomic E-state index is 0.0328. The number of rotatable bonds is 11. The summed E-state index contributed by atoms with van der Waals surface area (Å²) >= 11 is 0. The molecule has 14 nitrogen and oxygen atoms in total. The van der Waals surface area contributed by atoms with Gasteiger partial charge in [-0.05, 0) is 24.4 Å². The maximum Gasteiger partial charge on any atom is 0.421 e. The van der Waals surface area contributed by atoms with Gasteiger partial charge in [0.1, 0.15) is 5.69 Å². The predicted molar refractivity (Wildman–Crippen MR) is 105 cm³/mol. The summed E-state index contributed by atoms with van der Waals surface area (Å²) in [6.45, 7) is 0.325. The van der Waals surface area contributed by atoms with E-state index >= 15 is 0 Å². The van der Waals surface area contributed by atoms with Gasteiger partial charge in [-0.1, -0.05) is 17.6 Å². The van der Waals surface area contributed by atoms with Gasteiger partial charge in [0.15, 0.2) is 0 Å². The average molecular weight is 454 g/mol. The number of hydrogen-bond acceptors (Lipinski definition) is 10. The average Bonchev–Trinajstić information content (AvgIpc) is 3.04. The van der Waals surface area contributed by atoms with Gasteiger partial charge in [-0.3, -0.25) is 24.5 Å². The molecule has 1 fully saturated rings. The lowest BCUT2D eigenvalue weighted by Crippen LogP contribution is -2.37. The first-order chi connectivity index (χ1) is 14.7. The molecule has 1 aromatic rings. The minimum Gasteiger partial charge on any atom is -0.379 e. The number of nitrogens with zero attached hydrogens (tertiary/aromatic N) is 5. The van der Waals surface area contributed by atoms with Crippen LogP contribution >= 0.6 is 0 Å². The number of carbonyl (C=O) groups excluding carboxylic acids is 3. The van der Waals surface area contributed by atoms with E-state index in [0.29, 0.717) is 19.4 Å². The molecule has 31 heavy (non-hydrogen) atoms. The third-order valence-electron chi connectivity index (χ3n) is 4.14. The summed E-state index contributed by atoms with van der Waals surface area (Å²) in [5.41, 5.74) is 8.47. The van der Waals surface area contributed by atoms with Crippen molar-refractivity contribution in [3.8, 4) is 0 Å². The highest BCUT2D eigenvalue weighted by Crippen LogP contribution is 2.29. The number of nitro benzene ring substituents is 1. The molecular formula is C16H18N6O8S. The van der Waals surface area contributed by atoms with Crippen LogP contribution < -0.4 is 5.32 Å². The fraction of sp³-hybridized carbons (Fsp3) is 0.438. The van der Waals surface area contributed by atoms with Gasteiger partial charge < -0.3 is 9.50 Å². The van der Waals surface area contributed by atoms with E-state index in [4.69, 9.17) is 5.53 Å². The number of anilines is 1. The summed E-state index contributed by atoms with van der Waals surface area (Å²) in [5, 5.41) is 17.3. The van der Waals surface area contributed by atoms with Crippen LogP contribution in [0.5, 0.6) is 0 Å². The maximum atomic E-state index is 11.9. The largest absolute Gasteiger partial charge is 0.421 e. The Hall–Kier alpha value is -3.71. The van der Waals surface area contributed by atoms with Crippen molar-refractivity contribution in [3.05, 3.63) is 38.8 Å². The van der Waals surface area contributed by atoms with E-state index in [9.17, 15) is 32.9 Å². The zero-order chi connectivity index (χ0) is 23.0. The molecule has 0 spiro atoms. The van der Waals surface area contributed by atoms with Crippen LogP contribution in [0.3, 0.4) is 0 Å². The molecule has 1 saturated heterocycles. The summed E-state index contributed by atoms with van der Waals surface area (Å²) in [6, 6.07) is 3.96. The van der Waals surface area contributed by atoms with E-state index in [1.807, 2.05) is 0 Å². The molecule has 0 aliphatic carbocycles. The van der Waals surface area contributed by atoms with Crippen molar-refractivity contribution in [1.82, 2.24) is 4.31 Å². The molecule has 1 aliphatic heterocycles. The van der Waals surface area contributed by atoms with Crippen LogP contribution in [0.25, 0.3) is 10.4 Å². The fourth-order valence-electron chi connectivity index (χ4n) is 2.73. The van der Waals surface area contributed by atoms with Crippen LogP contribution in [0.1, 0.15) is 38.5 Å². The van der Waals surface area contributed by atoms with Gasteiger partial charge in [-0.2, -0.15) is 8.42 Å². The van der Waals surface area contributed by atoms with Gasteiger partial charge in [0.2, 0.25) is 11.8 Å². The monoisotopic (exact) mass is 454 g/mol. The predicted octanol–water partition coefficient (Wildman–Crippen LogP) is 2.45. The summed E-state index contributed by atoms with van der Waals surface area (Å²) in [7, 11) is -4.78. The lowest BCUT2D eigenvalue weighted by Gasteiger charge is -2.13. The van der Waals surface area contributed by atoms with E-state index in [2.05, 4.69) is 19.5 Å². The molecule has 1 N–H and O–H groups in total. The molecule has 0 saturated carbocycles. The molecule has 0 unspecified atom stereocenters. The molecule has 166 valence electrons. The van der Waals surface area contributed by atoms with Gasteiger partial charge in [-0.15, -0.1) is 4.31 Å². The Kier molecular flexibility index (Phi) is 7.88. The number of nitrogens with one attached hydrogen (secondary N) is 1. The summed E-state index contributed by atoms with van der Waals surface area (Å²) < 4.78 is 28.0. The Morgan fingerprint density at radius 2 is 1.94 bits per heavy atom. The van der Waals surface area contributed by atoms with Crippen LogP contribution in [0.2, 0.25) is 0 Å². The van der Waals surface area contributed by atoms with Crippen molar-refractivity contribution in [1.29, 1.82) is 0 Å². The molecule has 0 aromatic heterocycles. The Balaban J connectivity index is 1.76. The van der Waals surface area contributed by atoms with E-state index in [1.54, 1.807) is 0 Å². The van der Waals surface area contributed by atoms with Gasteiger partial charge in [0, 0.05) is 42.5 Å². The SMILES string of the molecule is [N-]=[N+]=Nc1ccc(NCCCCCC(=O)OS(=O)(=O)N2C(=O)CCC2=O)c([N+](=O)[O-])c1. The van der Waals surface area contributed by atoms with Crippen LogP contribution in [0.15, 0.2) is 23.3 Å². The topological polar surface area (TPSA) is 202 Å². The Labute approximate surface area is 176 Å². The highest BCUT2D eigenvalue weighted by atomic mass is 32.2. The first-order valence-corrected chi connectivity index (χ1v) is 10.4. The van der Waals surface area contributed by atoms with Crippen LogP contribution in [0, 0.1) is 10.1 Å². The first kappa shape index (κ1) is 23.6. The standard InChI is InChI=1S/C16H18N6O8S/c17-20-19-11-5-6-12(13(10-11)22(26)27)18-9-3-1-2-4-16(25)30-31(28,29)21-14(23)7-8-15(21)24/h5-6,10,18H,1-4,7-9H2. The fourth-order valence-corrected chi connectivity index (χ4v) is 3.80. The number of unbranched alkanes of at least 4 members (excludes halogenated alkanes) is 2. The highest BCUT2D eigenvalue weighted by Gasteiger charge is 2.41. The number of benzene rings is 1. The minimum atomic E-state index is -4.78. The molecule has 0 bridgehead atoms. The lowest BCUT2D eigenvalue weighted by atomic mass is 10.2. The van der Waals surface area contributed by atoms with Crippen LogP contribution in [0.4, 0.5) is 17.1 Å². The van der Waals surface area contributed by atoms with E-state index < -0.39 is 33.0 Å². The Morgan fingerprint density at radius 1 is 1.26 bits per heavy atom. The van der Waals surface area contributed by atoms with Gasteiger partial charge in [0.25, 0.3) is 5.69 Å². The molecule has 2 amide bonds. The third-order valence-corrected chi connectivity index (χ3v) is 5.39. The van der Waals surface area contributed by atoms with Crippen molar-refractivity contribution in [2.45, 2.75) is 38.5 Å². The number of imide groups is 1. The molecule has 0 atom stereocenters. The van der Waals surface area contributed by atoms with Crippen molar-refractivity contribution in [2.24, 2.45) is 5.11 Å². The molecule has 0 radical (unpaired) electrons. The van der Waals surface area contributed by atoms with Crippen molar-refractivity contribution >= 4 is 45.1 Å². The second kappa shape index (κ2) is 10.4. The van der Waals surface area contributed by atoms with Gasteiger partial charge in [0.05, 0.1) is 4.92 Å². The molecule has 15 heteroatoms. The first-order valence-electron chi connectivity index (χ1n) is 9.06. The van der Waals surface area contributed by atoms with Crippen molar-refractivity contribution in [2.75, 3.05) is 11.9 Å². The van der Waals surface area contributed by atoms with Gasteiger partial charge >= 0.3 is 16.3 Å². The zero-order valence-corrected chi connectivity index (χ0v) is 16.9. The Bertz CT molecular complexity index is 1030. The smallest absolute Gasteiger partial charge is 0.379 e. The second-order valence-corrected chi connectivity index (χ2v) is 7.74. The summed E-state index contributed by atoms with van der Waals surface area (Å²) in [5.74, 6) is -2.97. The number of amides is 2. The van der Waals surface area contributed by atoms with Crippen molar-refractivity contribution in [3.63, 3.8) is 0 Å². The quantitative estimate of drug-likeness (QED) is 0.0990. The Morgan fingerprint density at radius 3 is 2.55 bits per heavy atom. The normalized spacial score (nSPS) is 13.6. The lowest BCUT2D eigenvalue weighted by molar-refractivity contribution is -0.383. The van der Waals surface area contributed by atoms with Crippen LogP contribution in [-0.2, 0) is 28.9 Å². The highest BCUT2D eigenvalue weighted by molar-refractivity contribution is 7.86. The number of carbonyl (C=O) groups is 3. The van der Waals surface area contributed by atoms with E-state index in [0.717, 1.165) is 6.07 Å². The van der Waals surface area contributed by atoms with E-state index in [-0.39, 0.29) is 47.1 Å². The number of nitro groups is 1. The van der Waals surface area contributed by atoms with Crippen LogP contribution in [-0.4, -0.2) is 42.0 Å². The third kappa shape index (κ3) is 6.38. The van der Waals surface area contributed by atoms with E-state index in [1.165, 1.54) is 12.1 Å².